The zero-order chi connectivity index (χ0) is 22.8. The molecule has 0 saturated carbocycles. The summed E-state index contributed by atoms with van der Waals surface area (Å²) in [6.07, 6.45) is 2.12. The minimum absolute atomic E-state index is 0.0925. The molecule has 3 fully saturated rings. The van der Waals surface area contributed by atoms with Crippen molar-refractivity contribution in [1.82, 2.24) is 4.90 Å². The predicted molar refractivity (Wildman–Crippen MR) is 119 cm³/mol. The summed E-state index contributed by atoms with van der Waals surface area (Å²) in [6, 6.07) is 16.4. The second kappa shape index (κ2) is 9.23. The fraction of sp³-hybridized carbons (Fsp3) is 0.400. The second-order valence-corrected chi connectivity index (χ2v) is 8.58. The van der Waals surface area contributed by atoms with Crippen molar-refractivity contribution in [3.63, 3.8) is 0 Å². The molecule has 4 unspecified atom stereocenters. The minimum Gasteiger partial charge on any atom is -0.457 e. The Hall–Kier alpha value is -3.39. The van der Waals surface area contributed by atoms with Crippen molar-refractivity contribution in [1.29, 1.82) is 0 Å². The summed E-state index contributed by atoms with van der Waals surface area (Å²) < 4.78 is 16.7. The van der Waals surface area contributed by atoms with E-state index in [0.717, 1.165) is 12.8 Å². The van der Waals surface area contributed by atoms with Crippen LogP contribution in [0.2, 0.25) is 0 Å². The number of carbonyl (C=O) groups is 3. The molecule has 2 aromatic carbocycles. The maximum absolute atomic E-state index is 12.6. The summed E-state index contributed by atoms with van der Waals surface area (Å²) >= 11 is 0. The van der Waals surface area contributed by atoms with Crippen LogP contribution < -0.4 is 10.1 Å². The first-order valence-corrected chi connectivity index (χ1v) is 11.4. The van der Waals surface area contributed by atoms with E-state index in [1.807, 2.05) is 30.3 Å². The van der Waals surface area contributed by atoms with Crippen LogP contribution in [0.25, 0.3) is 0 Å². The van der Waals surface area contributed by atoms with E-state index >= 15 is 0 Å². The highest BCUT2D eigenvalue weighted by Gasteiger charge is 2.62. The molecule has 3 amide bonds. The lowest BCUT2D eigenvalue weighted by Crippen LogP contribution is -2.35. The lowest BCUT2D eigenvalue weighted by atomic mass is 9.81. The van der Waals surface area contributed by atoms with E-state index in [2.05, 4.69) is 5.32 Å². The number of rotatable bonds is 8. The molecule has 172 valence electrons. The largest absolute Gasteiger partial charge is 0.457 e. The first kappa shape index (κ1) is 21.5. The highest BCUT2D eigenvalue weighted by atomic mass is 16.5. The van der Waals surface area contributed by atoms with Crippen molar-refractivity contribution in [3.05, 3.63) is 54.6 Å². The summed E-state index contributed by atoms with van der Waals surface area (Å²) in [5.41, 5.74) is 0.560. The molecule has 0 aromatic heterocycles. The number of para-hydroxylation sites is 1. The van der Waals surface area contributed by atoms with Crippen LogP contribution in [0.4, 0.5) is 10.5 Å². The topological polar surface area (TPSA) is 94.2 Å². The van der Waals surface area contributed by atoms with Crippen molar-refractivity contribution in [2.75, 3.05) is 18.5 Å². The van der Waals surface area contributed by atoms with Gasteiger partial charge in [0.05, 0.1) is 30.7 Å². The van der Waals surface area contributed by atoms with Gasteiger partial charge in [0.1, 0.15) is 11.5 Å². The highest BCUT2D eigenvalue weighted by Crippen LogP contribution is 2.48. The van der Waals surface area contributed by atoms with E-state index in [4.69, 9.17) is 14.2 Å². The van der Waals surface area contributed by atoms with Gasteiger partial charge in [-0.3, -0.25) is 19.8 Å². The molecule has 8 nitrogen and oxygen atoms in total. The monoisotopic (exact) mass is 450 g/mol. The number of carbonyl (C=O) groups excluding carboxylic acids is 3. The molecule has 0 radical (unpaired) electrons. The average molecular weight is 450 g/mol. The maximum Gasteiger partial charge on any atom is 0.411 e. The van der Waals surface area contributed by atoms with Gasteiger partial charge in [0.15, 0.2) is 0 Å². The van der Waals surface area contributed by atoms with Crippen LogP contribution >= 0.6 is 0 Å². The average Bonchev–Trinajstić information content (AvgIpc) is 3.49. The number of nitrogens with zero attached hydrogens (tertiary/aromatic N) is 1. The van der Waals surface area contributed by atoms with Gasteiger partial charge < -0.3 is 14.2 Å². The summed E-state index contributed by atoms with van der Waals surface area (Å²) in [5.74, 6) is 0.514. The molecule has 3 heterocycles. The normalized spacial score (nSPS) is 25.3. The van der Waals surface area contributed by atoms with E-state index in [-0.39, 0.29) is 42.5 Å². The molecule has 3 aliphatic rings. The van der Waals surface area contributed by atoms with Crippen LogP contribution in [0.3, 0.4) is 0 Å². The van der Waals surface area contributed by atoms with Crippen molar-refractivity contribution in [3.8, 4) is 11.5 Å². The number of benzene rings is 2. The van der Waals surface area contributed by atoms with Gasteiger partial charge in [-0.05, 0) is 49.9 Å². The Labute approximate surface area is 191 Å². The molecular weight excluding hydrogens is 424 g/mol. The van der Waals surface area contributed by atoms with Crippen LogP contribution in [0, 0.1) is 11.8 Å². The van der Waals surface area contributed by atoms with Crippen LogP contribution in [-0.2, 0) is 19.1 Å². The molecule has 4 atom stereocenters. The van der Waals surface area contributed by atoms with Crippen molar-refractivity contribution in [2.24, 2.45) is 11.8 Å². The highest BCUT2D eigenvalue weighted by molar-refractivity contribution is 6.06. The zero-order valence-electron chi connectivity index (χ0n) is 18.1. The molecule has 3 aliphatic heterocycles. The molecule has 33 heavy (non-hydrogen) atoms. The molecule has 8 heteroatoms. The Morgan fingerprint density at radius 3 is 2.36 bits per heavy atom. The van der Waals surface area contributed by atoms with Gasteiger partial charge in [0, 0.05) is 18.3 Å². The van der Waals surface area contributed by atoms with E-state index in [1.54, 1.807) is 24.3 Å². The van der Waals surface area contributed by atoms with Gasteiger partial charge in [-0.2, -0.15) is 0 Å². The Morgan fingerprint density at radius 1 is 0.939 bits per heavy atom. The molecule has 3 saturated heterocycles. The third kappa shape index (κ3) is 4.43. The summed E-state index contributed by atoms with van der Waals surface area (Å²) in [5, 5.41) is 2.68. The number of hydrogen-bond donors (Lipinski definition) is 1. The maximum atomic E-state index is 12.6. The molecule has 1 N–H and O–H groups in total. The van der Waals surface area contributed by atoms with Crippen molar-refractivity contribution < 1.29 is 28.6 Å². The van der Waals surface area contributed by atoms with Crippen LogP contribution in [0.1, 0.15) is 25.7 Å². The molecule has 2 bridgehead atoms. The van der Waals surface area contributed by atoms with Gasteiger partial charge in [-0.25, -0.2) is 4.79 Å². The third-order valence-electron chi connectivity index (χ3n) is 6.44. The second-order valence-electron chi connectivity index (χ2n) is 8.58. The first-order chi connectivity index (χ1) is 16.1. The standard InChI is InChI=1S/C25H26N2O6/c28-23-21-19-11-12-20(33-19)22(21)24(29)27(23)13-4-5-14-31-25(30)26-16-7-6-10-18(15-16)32-17-8-2-1-3-9-17/h1-3,6-10,15,19-22H,4-5,11-14H2,(H,26,30). The Kier molecular flexibility index (Phi) is 6.00. The fourth-order valence-electron chi connectivity index (χ4n) is 4.95. The Morgan fingerprint density at radius 2 is 1.64 bits per heavy atom. The number of unbranched alkanes of at least 4 members (excludes halogenated alkanes) is 1. The first-order valence-electron chi connectivity index (χ1n) is 11.4. The number of nitrogens with one attached hydrogen (secondary N) is 1. The zero-order valence-corrected chi connectivity index (χ0v) is 18.1. The number of anilines is 1. The molecular formula is C25H26N2O6. The quantitative estimate of drug-likeness (QED) is 0.483. The summed E-state index contributed by atoms with van der Waals surface area (Å²) in [7, 11) is 0. The van der Waals surface area contributed by atoms with Gasteiger partial charge >= 0.3 is 6.09 Å². The van der Waals surface area contributed by atoms with Crippen LogP contribution in [0.15, 0.2) is 54.6 Å². The van der Waals surface area contributed by atoms with Gasteiger partial charge in [0.25, 0.3) is 0 Å². The predicted octanol–water partition coefficient (Wildman–Crippen LogP) is 3.97. The lowest BCUT2D eigenvalue weighted by Gasteiger charge is -2.17. The van der Waals surface area contributed by atoms with Crippen LogP contribution in [-0.4, -0.2) is 48.2 Å². The smallest absolute Gasteiger partial charge is 0.411 e. The number of hydrogen-bond acceptors (Lipinski definition) is 6. The lowest BCUT2D eigenvalue weighted by molar-refractivity contribution is -0.142. The third-order valence-corrected chi connectivity index (χ3v) is 6.44. The summed E-state index contributed by atoms with van der Waals surface area (Å²) in [6.45, 7) is 0.553. The van der Waals surface area contributed by atoms with E-state index < -0.39 is 6.09 Å². The minimum atomic E-state index is -0.566. The van der Waals surface area contributed by atoms with E-state index in [1.165, 1.54) is 4.90 Å². The summed E-state index contributed by atoms with van der Waals surface area (Å²) in [4.78, 5) is 38.7. The molecule has 2 aromatic rings. The Balaban J connectivity index is 1.03. The number of ether oxygens (including phenoxy) is 3. The number of likely N-dealkylation sites (tertiary alicyclic amines) is 1. The fourth-order valence-corrected chi connectivity index (χ4v) is 4.95. The van der Waals surface area contributed by atoms with E-state index in [9.17, 15) is 14.4 Å². The number of fused-ring (bicyclic) bond motifs is 5. The van der Waals surface area contributed by atoms with Gasteiger partial charge in [-0.15, -0.1) is 0 Å². The van der Waals surface area contributed by atoms with E-state index in [0.29, 0.717) is 36.6 Å². The van der Waals surface area contributed by atoms with Gasteiger partial charge in [-0.1, -0.05) is 24.3 Å². The SMILES string of the molecule is O=C(Nc1cccc(Oc2ccccc2)c1)OCCCCN1C(=O)C2C3CCC(O3)C2C1=O. The van der Waals surface area contributed by atoms with Crippen molar-refractivity contribution >= 4 is 23.6 Å². The van der Waals surface area contributed by atoms with Gasteiger partial charge in [0.2, 0.25) is 11.8 Å². The van der Waals surface area contributed by atoms with Crippen molar-refractivity contribution in [2.45, 2.75) is 37.9 Å². The number of imide groups is 1. The Bertz CT molecular complexity index is 1010. The molecule has 0 spiro atoms. The molecule has 5 rings (SSSR count). The van der Waals surface area contributed by atoms with Crippen LogP contribution in [0.5, 0.6) is 11.5 Å². The molecule has 0 aliphatic carbocycles. The number of amides is 3.